The molecule has 1 aromatic rings. The van der Waals surface area contributed by atoms with Crippen LogP contribution in [-0.4, -0.2) is 18.6 Å². The number of amides is 1. The number of carbonyl (C=O) groups excluding carboxylic acids is 1. The zero-order valence-corrected chi connectivity index (χ0v) is 12.9. The van der Waals surface area contributed by atoms with Crippen molar-refractivity contribution in [1.29, 1.82) is 0 Å². The van der Waals surface area contributed by atoms with Gasteiger partial charge in [-0.05, 0) is 37.5 Å². The van der Waals surface area contributed by atoms with Crippen LogP contribution in [0.15, 0.2) is 22.7 Å². The number of nitrogens with two attached hydrogens (primary N) is 1. The lowest BCUT2D eigenvalue weighted by molar-refractivity contribution is -0.125. The fourth-order valence-electron chi connectivity index (χ4n) is 2.48. The summed E-state index contributed by atoms with van der Waals surface area (Å²) in [7, 11) is 0. The van der Waals surface area contributed by atoms with E-state index in [0.29, 0.717) is 12.0 Å². The van der Waals surface area contributed by atoms with Gasteiger partial charge in [-0.1, -0.05) is 15.9 Å². The first-order chi connectivity index (χ1) is 9.95. The molecule has 7 heteroatoms. The first-order valence-electron chi connectivity index (χ1n) is 6.72. The van der Waals surface area contributed by atoms with E-state index in [-0.39, 0.29) is 30.2 Å². The highest BCUT2D eigenvalue weighted by molar-refractivity contribution is 9.10. The molecule has 3 N–H and O–H groups in total. The molecule has 1 aliphatic carbocycles. The van der Waals surface area contributed by atoms with Crippen LogP contribution < -0.4 is 15.8 Å². The summed E-state index contributed by atoms with van der Waals surface area (Å²) in [6.07, 6.45) is 2.28. The number of hydrogen-bond acceptors (Lipinski definition) is 3. The van der Waals surface area contributed by atoms with E-state index in [0.717, 1.165) is 17.3 Å². The van der Waals surface area contributed by atoms with E-state index in [1.54, 1.807) is 12.1 Å². The third-order valence-electron chi connectivity index (χ3n) is 3.54. The summed E-state index contributed by atoms with van der Waals surface area (Å²) in [6.45, 7) is -2.75. The quantitative estimate of drug-likeness (QED) is 0.846. The van der Waals surface area contributed by atoms with Crippen LogP contribution in [0, 0.1) is 5.92 Å². The monoisotopic (exact) mass is 362 g/mol. The average Bonchev–Trinajstić information content (AvgIpc) is 2.85. The first kappa shape index (κ1) is 16.2. The van der Waals surface area contributed by atoms with Crippen molar-refractivity contribution in [3.8, 4) is 5.75 Å². The first-order valence-corrected chi connectivity index (χ1v) is 7.51. The Morgan fingerprint density at radius 3 is 2.86 bits per heavy atom. The van der Waals surface area contributed by atoms with E-state index in [2.05, 4.69) is 26.0 Å². The van der Waals surface area contributed by atoms with Gasteiger partial charge in [0.1, 0.15) is 5.75 Å². The molecule has 2 unspecified atom stereocenters. The third-order valence-corrected chi connectivity index (χ3v) is 4.03. The maximum atomic E-state index is 12.4. The number of hydrogen-bond donors (Lipinski definition) is 2. The SMILES string of the molecule is NC1CCC(C(=O)NCc2cc(Br)ccc2OC(F)F)C1. The molecule has 1 saturated carbocycles. The lowest BCUT2D eigenvalue weighted by Crippen LogP contribution is -2.30. The second-order valence-electron chi connectivity index (χ2n) is 5.12. The Morgan fingerprint density at radius 2 is 2.24 bits per heavy atom. The molecule has 1 aromatic carbocycles. The molecule has 0 saturated heterocycles. The summed E-state index contributed by atoms with van der Waals surface area (Å²) in [5, 5.41) is 2.76. The summed E-state index contributed by atoms with van der Waals surface area (Å²) in [5.41, 5.74) is 6.28. The van der Waals surface area contributed by atoms with Crippen molar-refractivity contribution in [2.45, 2.75) is 38.5 Å². The summed E-state index contributed by atoms with van der Waals surface area (Å²) >= 11 is 3.27. The zero-order chi connectivity index (χ0) is 15.4. The smallest absolute Gasteiger partial charge is 0.387 e. The van der Waals surface area contributed by atoms with Crippen LogP contribution in [0.5, 0.6) is 5.75 Å². The number of ether oxygens (including phenoxy) is 1. The van der Waals surface area contributed by atoms with Crippen molar-refractivity contribution in [2.24, 2.45) is 11.7 Å². The fraction of sp³-hybridized carbons (Fsp3) is 0.500. The van der Waals surface area contributed by atoms with Gasteiger partial charge >= 0.3 is 6.61 Å². The number of alkyl halides is 2. The summed E-state index contributed by atoms with van der Waals surface area (Å²) in [6, 6.07) is 4.78. The minimum Gasteiger partial charge on any atom is -0.434 e. The van der Waals surface area contributed by atoms with Gasteiger partial charge in [-0.25, -0.2) is 0 Å². The van der Waals surface area contributed by atoms with Crippen molar-refractivity contribution < 1.29 is 18.3 Å². The van der Waals surface area contributed by atoms with E-state index in [4.69, 9.17) is 5.73 Å². The highest BCUT2D eigenvalue weighted by atomic mass is 79.9. The normalized spacial score (nSPS) is 21.6. The summed E-state index contributed by atoms with van der Waals surface area (Å²) < 4.78 is 29.9. The van der Waals surface area contributed by atoms with Gasteiger partial charge in [-0.2, -0.15) is 8.78 Å². The topological polar surface area (TPSA) is 64.4 Å². The van der Waals surface area contributed by atoms with Gasteiger partial charge in [-0.15, -0.1) is 0 Å². The van der Waals surface area contributed by atoms with E-state index in [9.17, 15) is 13.6 Å². The molecule has 1 fully saturated rings. The van der Waals surface area contributed by atoms with Crippen LogP contribution in [0.25, 0.3) is 0 Å². The maximum absolute atomic E-state index is 12.4. The summed E-state index contributed by atoms with van der Waals surface area (Å²) in [5.74, 6) is -0.117. The molecular formula is C14H17BrF2N2O2. The third kappa shape index (κ3) is 4.64. The molecule has 0 heterocycles. The van der Waals surface area contributed by atoms with Gasteiger partial charge in [0.05, 0.1) is 0 Å². The molecule has 4 nitrogen and oxygen atoms in total. The Bertz CT molecular complexity index is 514. The molecule has 1 aliphatic rings. The lowest BCUT2D eigenvalue weighted by atomic mass is 10.1. The predicted molar refractivity (Wildman–Crippen MR) is 77.9 cm³/mol. The van der Waals surface area contributed by atoms with Crippen LogP contribution in [0.3, 0.4) is 0 Å². The van der Waals surface area contributed by atoms with Gasteiger partial charge in [0.15, 0.2) is 0 Å². The van der Waals surface area contributed by atoms with Crippen LogP contribution in [0.1, 0.15) is 24.8 Å². The maximum Gasteiger partial charge on any atom is 0.387 e. The molecule has 21 heavy (non-hydrogen) atoms. The van der Waals surface area contributed by atoms with E-state index >= 15 is 0 Å². The second-order valence-corrected chi connectivity index (χ2v) is 6.03. The van der Waals surface area contributed by atoms with E-state index in [1.165, 1.54) is 6.07 Å². The van der Waals surface area contributed by atoms with E-state index < -0.39 is 6.61 Å². The number of rotatable bonds is 5. The molecule has 2 atom stereocenters. The zero-order valence-electron chi connectivity index (χ0n) is 11.3. The lowest BCUT2D eigenvalue weighted by Gasteiger charge is -2.14. The van der Waals surface area contributed by atoms with Gasteiger partial charge in [0.2, 0.25) is 5.91 Å². The molecule has 1 amide bonds. The number of benzene rings is 1. The molecule has 0 spiro atoms. The summed E-state index contributed by atoms with van der Waals surface area (Å²) in [4.78, 5) is 12.0. The predicted octanol–water partition coefficient (Wildman–Crippen LogP) is 2.79. The molecular weight excluding hydrogens is 346 g/mol. The fourth-order valence-corrected chi connectivity index (χ4v) is 2.89. The Morgan fingerprint density at radius 1 is 1.48 bits per heavy atom. The minimum atomic E-state index is -2.89. The van der Waals surface area contributed by atoms with Crippen LogP contribution in [0.2, 0.25) is 0 Å². The Kier molecular flexibility index (Phi) is 5.52. The number of nitrogens with one attached hydrogen (secondary N) is 1. The van der Waals surface area contributed by atoms with Crippen LogP contribution in [-0.2, 0) is 11.3 Å². The van der Waals surface area contributed by atoms with Gasteiger partial charge in [0, 0.05) is 28.5 Å². The Balaban J connectivity index is 1.98. The van der Waals surface area contributed by atoms with Crippen molar-refractivity contribution in [2.75, 3.05) is 0 Å². The molecule has 0 radical (unpaired) electrons. The van der Waals surface area contributed by atoms with Crippen molar-refractivity contribution >= 4 is 21.8 Å². The largest absolute Gasteiger partial charge is 0.434 e. The van der Waals surface area contributed by atoms with Crippen molar-refractivity contribution in [3.05, 3.63) is 28.2 Å². The van der Waals surface area contributed by atoms with Crippen LogP contribution >= 0.6 is 15.9 Å². The number of halogens is 3. The van der Waals surface area contributed by atoms with Gasteiger partial charge < -0.3 is 15.8 Å². The average molecular weight is 363 g/mol. The van der Waals surface area contributed by atoms with Gasteiger partial charge in [-0.3, -0.25) is 4.79 Å². The number of carbonyl (C=O) groups is 1. The molecule has 116 valence electrons. The van der Waals surface area contributed by atoms with Crippen molar-refractivity contribution in [1.82, 2.24) is 5.32 Å². The standard InChI is InChI=1S/C14H17BrF2N2O2/c15-10-2-4-12(21-14(16)17)9(5-10)7-19-13(20)8-1-3-11(18)6-8/h2,4-5,8,11,14H,1,3,6-7,18H2,(H,19,20). The second kappa shape index (κ2) is 7.17. The molecule has 2 rings (SSSR count). The Labute approximate surface area is 130 Å². The minimum absolute atomic E-state index is 0.0663. The molecule has 0 bridgehead atoms. The van der Waals surface area contributed by atoms with E-state index in [1.807, 2.05) is 0 Å². The van der Waals surface area contributed by atoms with Crippen LogP contribution in [0.4, 0.5) is 8.78 Å². The molecule has 0 aliphatic heterocycles. The molecule has 0 aromatic heterocycles. The highest BCUT2D eigenvalue weighted by Gasteiger charge is 2.27. The van der Waals surface area contributed by atoms with Gasteiger partial charge in [0.25, 0.3) is 0 Å². The highest BCUT2D eigenvalue weighted by Crippen LogP contribution is 2.26. The van der Waals surface area contributed by atoms with Crippen molar-refractivity contribution in [3.63, 3.8) is 0 Å². The Hall–Kier alpha value is -1.21.